The third-order valence-corrected chi connectivity index (χ3v) is 7.92. The van der Waals surface area contributed by atoms with Crippen LogP contribution in [0, 0.1) is 11.3 Å². The predicted molar refractivity (Wildman–Crippen MR) is 128 cm³/mol. The number of amides is 1. The SMILES string of the molecule is CC1(C)CC(C)(C)c2c([nH]c3ccc(C(=O)N[C@H]4CC[C@H](NCC5CC5)CC4)cc23)C1=O. The van der Waals surface area contributed by atoms with E-state index in [1.165, 1.54) is 19.4 Å². The number of carbonyl (C=O) groups is 2. The molecule has 5 nitrogen and oxygen atoms in total. The number of hydrogen-bond donors (Lipinski definition) is 3. The molecule has 0 spiro atoms. The first-order valence-corrected chi connectivity index (χ1v) is 12.4. The van der Waals surface area contributed by atoms with Gasteiger partial charge < -0.3 is 15.6 Å². The highest BCUT2D eigenvalue weighted by Crippen LogP contribution is 2.48. The maximum absolute atomic E-state index is 13.1. The second-order valence-corrected chi connectivity index (χ2v) is 11.8. The van der Waals surface area contributed by atoms with Crippen LogP contribution in [0.1, 0.15) is 99.1 Å². The molecule has 2 aromatic rings. The Morgan fingerprint density at radius 3 is 2.38 bits per heavy atom. The van der Waals surface area contributed by atoms with Gasteiger partial charge in [-0.3, -0.25) is 9.59 Å². The van der Waals surface area contributed by atoms with Gasteiger partial charge in [0.2, 0.25) is 0 Å². The molecule has 0 bridgehead atoms. The highest BCUT2D eigenvalue weighted by atomic mass is 16.1. The first-order valence-electron chi connectivity index (χ1n) is 12.4. The van der Waals surface area contributed by atoms with Crippen LogP contribution < -0.4 is 10.6 Å². The first kappa shape index (κ1) is 21.7. The van der Waals surface area contributed by atoms with Gasteiger partial charge in [0.25, 0.3) is 5.91 Å². The standard InChI is InChI=1S/C27H37N3O2/c1-26(2)15-27(3,4)24(31)23-22(26)20-13-17(7-12-21(20)30-23)25(32)29-19-10-8-18(9-11-19)28-14-16-5-6-16/h7,12-13,16,18-19,28,30H,5-6,8-11,14-15H2,1-4H3,(H,29,32)/t18-,19-. The van der Waals surface area contributed by atoms with Crippen LogP contribution in [-0.2, 0) is 5.41 Å². The largest absolute Gasteiger partial charge is 0.352 e. The smallest absolute Gasteiger partial charge is 0.251 e. The van der Waals surface area contributed by atoms with Gasteiger partial charge in [-0.25, -0.2) is 0 Å². The molecule has 3 aliphatic rings. The van der Waals surface area contributed by atoms with Crippen molar-refractivity contribution in [1.29, 1.82) is 0 Å². The summed E-state index contributed by atoms with van der Waals surface area (Å²) in [6.07, 6.45) is 7.90. The molecular formula is C27H37N3O2. The Balaban J connectivity index is 1.31. The number of fused-ring (bicyclic) bond motifs is 3. The van der Waals surface area contributed by atoms with Crippen molar-refractivity contribution in [2.45, 2.75) is 90.1 Å². The summed E-state index contributed by atoms with van der Waals surface area (Å²) in [6, 6.07) is 6.67. The zero-order valence-corrected chi connectivity index (χ0v) is 19.9. The van der Waals surface area contributed by atoms with Crippen LogP contribution in [0.3, 0.4) is 0 Å². The van der Waals surface area contributed by atoms with Crippen LogP contribution in [-0.4, -0.2) is 35.3 Å². The summed E-state index contributed by atoms with van der Waals surface area (Å²) in [4.78, 5) is 29.5. The molecule has 0 unspecified atom stereocenters. The van der Waals surface area contributed by atoms with Crippen molar-refractivity contribution in [2.75, 3.05) is 6.54 Å². The quantitative estimate of drug-likeness (QED) is 0.612. The van der Waals surface area contributed by atoms with Crippen molar-refractivity contribution >= 4 is 22.6 Å². The minimum absolute atomic E-state index is 0.00323. The number of benzene rings is 1. The molecule has 172 valence electrons. The number of aromatic nitrogens is 1. The van der Waals surface area contributed by atoms with Gasteiger partial charge in [0.15, 0.2) is 5.78 Å². The summed E-state index contributed by atoms with van der Waals surface area (Å²) in [6.45, 7) is 9.63. The van der Waals surface area contributed by atoms with Crippen LogP contribution in [0.25, 0.3) is 10.9 Å². The van der Waals surface area contributed by atoms with Crippen molar-refractivity contribution in [1.82, 2.24) is 15.6 Å². The third-order valence-electron chi connectivity index (χ3n) is 7.92. The summed E-state index contributed by atoms with van der Waals surface area (Å²) < 4.78 is 0. The van der Waals surface area contributed by atoms with E-state index in [1.54, 1.807) is 0 Å². The van der Waals surface area contributed by atoms with Crippen LogP contribution >= 0.6 is 0 Å². The van der Waals surface area contributed by atoms with Crippen molar-refractivity contribution in [3.8, 4) is 0 Å². The minimum atomic E-state index is -0.385. The van der Waals surface area contributed by atoms with Crippen LogP contribution in [0.2, 0.25) is 0 Å². The fourth-order valence-electron chi connectivity index (χ4n) is 6.18. The monoisotopic (exact) mass is 435 g/mol. The summed E-state index contributed by atoms with van der Waals surface area (Å²) in [5, 5.41) is 7.99. The lowest BCUT2D eigenvalue weighted by Crippen LogP contribution is -2.42. The van der Waals surface area contributed by atoms with Crippen LogP contribution in [0.15, 0.2) is 18.2 Å². The molecule has 0 atom stereocenters. The molecule has 2 fully saturated rings. The summed E-state index contributed by atoms with van der Waals surface area (Å²) in [5.74, 6) is 1.07. The van der Waals surface area contributed by atoms with Crippen molar-refractivity contribution in [2.24, 2.45) is 11.3 Å². The van der Waals surface area contributed by atoms with E-state index in [0.29, 0.717) is 11.6 Å². The Hall–Kier alpha value is -2.14. The predicted octanol–water partition coefficient (Wildman–Crippen LogP) is 5.10. The fraction of sp³-hybridized carbons (Fsp3) is 0.630. The molecule has 0 saturated heterocycles. The zero-order valence-electron chi connectivity index (χ0n) is 19.9. The molecule has 1 aromatic carbocycles. The number of H-pyrrole nitrogens is 1. The van der Waals surface area contributed by atoms with E-state index in [-0.39, 0.29) is 28.6 Å². The highest BCUT2D eigenvalue weighted by Gasteiger charge is 2.45. The second kappa shape index (κ2) is 7.72. The molecule has 32 heavy (non-hydrogen) atoms. The molecule has 1 amide bonds. The Morgan fingerprint density at radius 1 is 1.00 bits per heavy atom. The Morgan fingerprint density at radius 2 is 1.69 bits per heavy atom. The highest BCUT2D eigenvalue weighted by molar-refractivity contribution is 6.08. The number of carbonyl (C=O) groups excluding carboxylic acids is 2. The van der Waals surface area contributed by atoms with Gasteiger partial charge in [0.05, 0.1) is 5.69 Å². The lowest BCUT2D eigenvalue weighted by atomic mass is 9.63. The average Bonchev–Trinajstić information content (AvgIpc) is 3.48. The maximum Gasteiger partial charge on any atom is 0.251 e. The van der Waals surface area contributed by atoms with Crippen molar-refractivity contribution < 1.29 is 9.59 Å². The minimum Gasteiger partial charge on any atom is -0.352 e. The zero-order chi connectivity index (χ0) is 22.7. The topological polar surface area (TPSA) is 74.0 Å². The molecule has 5 heteroatoms. The molecule has 3 aliphatic carbocycles. The van der Waals surface area contributed by atoms with Gasteiger partial charge in [0, 0.05) is 34.0 Å². The van der Waals surface area contributed by atoms with E-state index in [2.05, 4.69) is 29.5 Å². The van der Waals surface area contributed by atoms with Gasteiger partial charge in [-0.15, -0.1) is 0 Å². The lowest BCUT2D eigenvalue weighted by molar-refractivity contribution is 0.0759. The maximum atomic E-state index is 13.1. The van der Waals surface area contributed by atoms with E-state index < -0.39 is 0 Å². The fourth-order valence-corrected chi connectivity index (χ4v) is 6.18. The van der Waals surface area contributed by atoms with Gasteiger partial charge in [-0.05, 0) is 86.6 Å². The van der Waals surface area contributed by atoms with Gasteiger partial charge in [0.1, 0.15) is 0 Å². The number of aromatic amines is 1. The van der Waals surface area contributed by atoms with Crippen molar-refractivity contribution in [3.05, 3.63) is 35.0 Å². The summed E-state index contributed by atoms with van der Waals surface area (Å²) in [7, 11) is 0. The van der Waals surface area contributed by atoms with Crippen molar-refractivity contribution in [3.63, 3.8) is 0 Å². The molecule has 0 radical (unpaired) electrons. The van der Waals surface area contributed by atoms with E-state index in [0.717, 1.165) is 60.2 Å². The molecule has 5 rings (SSSR count). The van der Waals surface area contributed by atoms with Crippen LogP contribution in [0.4, 0.5) is 0 Å². The lowest BCUT2D eigenvalue weighted by Gasteiger charge is -2.39. The number of ketones is 1. The van der Waals surface area contributed by atoms with Gasteiger partial charge in [-0.1, -0.05) is 27.7 Å². The first-order chi connectivity index (χ1) is 15.1. The molecule has 0 aliphatic heterocycles. The number of nitrogens with one attached hydrogen (secondary N) is 3. The molecular weight excluding hydrogens is 398 g/mol. The Kier molecular flexibility index (Phi) is 5.23. The van der Waals surface area contributed by atoms with E-state index in [4.69, 9.17) is 0 Å². The summed E-state index contributed by atoms with van der Waals surface area (Å²) >= 11 is 0. The molecule has 3 N–H and O–H groups in total. The normalized spacial score (nSPS) is 26.7. The number of hydrogen-bond acceptors (Lipinski definition) is 3. The number of rotatable bonds is 5. The van der Waals surface area contributed by atoms with Gasteiger partial charge >= 0.3 is 0 Å². The average molecular weight is 436 g/mol. The van der Waals surface area contributed by atoms with E-state index in [9.17, 15) is 9.59 Å². The Labute approximate surface area is 191 Å². The third kappa shape index (κ3) is 4.00. The van der Waals surface area contributed by atoms with Crippen LogP contribution in [0.5, 0.6) is 0 Å². The van der Waals surface area contributed by atoms with E-state index >= 15 is 0 Å². The Bertz CT molecular complexity index is 1050. The van der Waals surface area contributed by atoms with E-state index in [1.807, 2.05) is 32.0 Å². The number of Topliss-reactive ketones (excluding diaryl/α,β-unsaturated/α-hetero) is 1. The second-order valence-electron chi connectivity index (χ2n) is 11.8. The molecule has 1 aromatic heterocycles. The molecule has 2 saturated carbocycles. The molecule has 1 heterocycles. The van der Waals surface area contributed by atoms with Gasteiger partial charge in [-0.2, -0.15) is 0 Å². The summed E-state index contributed by atoms with van der Waals surface area (Å²) in [5.41, 5.74) is 2.88.